The lowest BCUT2D eigenvalue weighted by atomic mass is 10.1. The van der Waals surface area contributed by atoms with Gasteiger partial charge in [-0.15, -0.1) is 11.8 Å². The van der Waals surface area contributed by atoms with E-state index in [2.05, 4.69) is 24.0 Å². The summed E-state index contributed by atoms with van der Waals surface area (Å²) in [4.78, 5) is 14.2. The highest BCUT2D eigenvalue weighted by molar-refractivity contribution is 7.99. The van der Waals surface area contributed by atoms with E-state index in [1.807, 2.05) is 30.0 Å². The highest BCUT2D eigenvalue weighted by atomic mass is 32.2. The van der Waals surface area contributed by atoms with Crippen molar-refractivity contribution in [3.8, 4) is 0 Å². The Morgan fingerprint density at radius 3 is 2.79 bits per heavy atom. The smallest absolute Gasteiger partial charge is 0.224 e. The van der Waals surface area contributed by atoms with Crippen LogP contribution in [0.15, 0.2) is 30.3 Å². The van der Waals surface area contributed by atoms with E-state index in [9.17, 15) is 4.79 Å². The van der Waals surface area contributed by atoms with Crippen LogP contribution in [0.25, 0.3) is 0 Å². The number of thioether (sulfide) groups is 1. The Kier molecular flexibility index (Phi) is 5.77. The number of amides is 1. The predicted molar refractivity (Wildman–Crippen MR) is 82.0 cm³/mol. The minimum absolute atomic E-state index is 0.323. The third-order valence-corrected chi connectivity index (χ3v) is 4.86. The summed E-state index contributed by atoms with van der Waals surface area (Å²) in [7, 11) is 0. The maximum absolute atomic E-state index is 12.2. The number of carbonyl (C=O) groups excluding carboxylic acids is 1. The first-order valence-electron chi connectivity index (χ1n) is 7.26. The zero-order valence-corrected chi connectivity index (χ0v) is 12.5. The Labute approximate surface area is 120 Å². The van der Waals surface area contributed by atoms with Gasteiger partial charge in [0.05, 0.1) is 5.37 Å². The van der Waals surface area contributed by atoms with Gasteiger partial charge in [-0.3, -0.25) is 4.79 Å². The van der Waals surface area contributed by atoms with Gasteiger partial charge in [0.1, 0.15) is 0 Å². The van der Waals surface area contributed by atoms with Gasteiger partial charge >= 0.3 is 0 Å². The van der Waals surface area contributed by atoms with Crippen molar-refractivity contribution in [2.75, 3.05) is 5.75 Å². The molecule has 104 valence electrons. The van der Waals surface area contributed by atoms with Crippen LogP contribution in [0.4, 0.5) is 0 Å². The van der Waals surface area contributed by atoms with Gasteiger partial charge in [0.25, 0.3) is 0 Å². The summed E-state index contributed by atoms with van der Waals surface area (Å²) < 4.78 is 0. The fourth-order valence-electron chi connectivity index (χ4n) is 2.45. The van der Waals surface area contributed by atoms with E-state index in [1.54, 1.807) is 0 Å². The van der Waals surface area contributed by atoms with E-state index in [1.165, 1.54) is 24.8 Å². The van der Waals surface area contributed by atoms with Gasteiger partial charge in [-0.25, -0.2) is 0 Å². The first-order chi connectivity index (χ1) is 9.31. The molecule has 1 aliphatic rings. The number of hydrogen-bond donors (Lipinski definition) is 0. The molecule has 0 bridgehead atoms. The van der Waals surface area contributed by atoms with Crippen molar-refractivity contribution in [3.63, 3.8) is 0 Å². The minimum atomic E-state index is 0.323. The van der Waals surface area contributed by atoms with Crippen LogP contribution in [-0.4, -0.2) is 21.9 Å². The zero-order chi connectivity index (χ0) is 13.5. The average Bonchev–Trinajstić information content (AvgIpc) is 2.44. The van der Waals surface area contributed by atoms with Gasteiger partial charge in [0.2, 0.25) is 5.91 Å². The fourth-order valence-corrected chi connectivity index (χ4v) is 3.72. The molecule has 0 saturated carbocycles. The second-order valence-corrected chi connectivity index (χ2v) is 6.36. The van der Waals surface area contributed by atoms with Gasteiger partial charge in [0, 0.05) is 18.7 Å². The van der Waals surface area contributed by atoms with Crippen molar-refractivity contribution in [2.24, 2.45) is 0 Å². The molecule has 0 N–H and O–H groups in total. The molecule has 1 unspecified atom stereocenters. The molecule has 0 aromatic heterocycles. The van der Waals surface area contributed by atoms with Crippen molar-refractivity contribution >= 4 is 17.7 Å². The summed E-state index contributed by atoms with van der Waals surface area (Å²) in [6.45, 7) is 2.99. The van der Waals surface area contributed by atoms with E-state index in [0.29, 0.717) is 17.7 Å². The molecular formula is C16H23NOS. The molecule has 1 saturated heterocycles. The molecule has 0 radical (unpaired) electrons. The topological polar surface area (TPSA) is 20.3 Å². The molecule has 0 spiro atoms. The number of benzene rings is 1. The van der Waals surface area contributed by atoms with Gasteiger partial charge < -0.3 is 4.90 Å². The first kappa shape index (κ1) is 14.4. The van der Waals surface area contributed by atoms with Crippen molar-refractivity contribution in [1.29, 1.82) is 0 Å². The third-order valence-electron chi connectivity index (χ3n) is 3.54. The van der Waals surface area contributed by atoms with Crippen LogP contribution < -0.4 is 0 Å². The summed E-state index contributed by atoms with van der Waals surface area (Å²) in [5.41, 5.74) is 1.24. The Morgan fingerprint density at radius 2 is 2.05 bits per heavy atom. The third kappa shape index (κ3) is 4.27. The molecule has 0 aliphatic carbocycles. The molecule has 1 atom stereocenters. The Morgan fingerprint density at radius 1 is 1.26 bits per heavy atom. The van der Waals surface area contributed by atoms with E-state index in [-0.39, 0.29) is 0 Å². The van der Waals surface area contributed by atoms with E-state index in [4.69, 9.17) is 0 Å². The monoisotopic (exact) mass is 277 g/mol. The van der Waals surface area contributed by atoms with Crippen LogP contribution >= 0.6 is 11.8 Å². The molecule has 2 nitrogen and oxygen atoms in total. The number of unbranched alkanes of at least 4 members (excludes halogenated alkanes) is 2. The quantitative estimate of drug-likeness (QED) is 0.731. The normalized spacial score (nSPS) is 19.7. The highest BCUT2D eigenvalue weighted by Gasteiger charge is 2.27. The summed E-state index contributed by atoms with van der Waals surface area (Å²) in [6.07, 6.45) is 5.57. The molecule has 1 aromatic carbocycles. The summed E-state index contributed by atoms with van der Waals surface area (Å²) in [5, 5.41) is 0.382. The summed E-state index contributed by atoms with van der Waals surface area (Å²) in [6, 6.07) is 10.3. The molecule has 3 heteroatoms. The lowest BCUT2D eigenvalue weighted by Crippen LogP contribution is -2.41. The van der Waals surface area contributed by atoms with Crippen LogP contribution in [0.2, 0.25) is 0 Å². The second kappa shape index (κ2) is 7.59. The van der Waals surface area contributed by atoms with Gasteiger partial charge in [0.15, 0.2) is 0 Å². The lowest BCUT2D eigenvalue weighted by Gasteiger charge is -2.35. The van der Waals surface area contributed by atoms with Crippen molar-refractivity contribution in [2.45, 2.75) is 50.9 Å². The van der Waals surface area contributed by atoms with Crippen LogP contribution in [0.3, 0.4) is 0 Å². The molecule has 2 rings (SSSR count). The summed E-state index contributed by atoms with van der Waals surface area (Å²) >= 11 is 1.95. The summed E-state index contributed by atoms with van der Waals surface area (Å²) in [5.74, 6) is 1.31. The van der Waals surface area contributed by atoms with E-state index >= 15 is 0 Å². The second-order valence-electron chi connectivity index (χ2n) is 5.08. The van der Waals surface area contributed by atoms with Gasteiger partial charge in [-0.2, -0.15) is 0 Å². The Hall–Kier alpha value is -0.960. The van der Waals surface area contributed by atoms with Gasteiger partial charge in [-0.1, -0.05) is 56.5 Å². The Bertz CT molecular complexity index is 393. The largest absolute Gasteiger partial charge is 0.326 e. The van der Waals surface area contributed by atoms with Crippen LogP contribution in [-0.2, 0) is 11.3 Å². The highest BCUT2D eigenvalue weighted by Crippen LogP contribution is 2.29. The van der Waals surface area contributed by atoms with Crippen LogP contribution in [0.5, 0.6) is 0 Å². The average molecular weight is 277 g/mol. The fraction of sp³-hybridized carbons (Fsp3) is 0.562. The van der Waals surface area contributed by atoms with E-state index in [0.717, 1.165) is 18.7 Å². The Balaban J connectivity index is 1.97. The van der Waals surface area contributed by atoms with Crippen molar-refractivity contribution < 1.29 is 4.79 Å². The molecule has 1 fully saturated rings. The lowest BCUT2D eigenvalue weighted by molar-refractivity contribution is -0.132. The molecule has 1 aliphatic heterocycles. The molecule has 19 heavy (non-hydrogen) atoms. The number of carbonyl (C=O) groups is 1. The van der Waals surface area contributed by atoms with Crippen molar-refractivity contribution in [3.05, 3.63) is 35.9 Å². The molecule has 1 amide bonds. The molecular weight excluding hydrogens is 254 g/mol. The standard InChI is InChI=1S/C16H23NOS/c1-2-3-5-10-16-17(15(18)11-12-19-16)13-14-8-6-4-7-9-14/h4,6-9,16H,2-3,5,10-13H2,1H3. The van der Waals surface area contributed by atoms with Crippen LogP contribution in [0.1, 0.15) is 44.6 Å². The number of hydrogen-bond acceptors (Lipinski definition) is 2. The SMILES string of the molecule is CCCCCC1SCCC(=O)N1Cc1ccccc1. The van der Waals surface area contributed by atoms with Crippen molar-refractivity contribution in [1.82, 2.24) is 4.90 Å². The predicted octanol–water partition coefficient (Wildman–Crippen LogP) is 4.06. The minimum Gasteiger partial charge on any atom is -0.326 e. The molecule has 1 aromatic rings. The first-order valence-corrected chi connectivity index (χ1v) is 8.31. The zero-order valence-electron chi connectivity index (χ0n) is 11.7. The van der Waals surface area contributed by atoms with E-state index < -0.39 is 0 Å². The maximum atomic E-state index is 12.2. The number of rotatable bonds is 6. The van der Waals surface area contributed by atoms with Gasteiger partial charge in [-0.05, 0) is 12.0 Å². The maximum Gasteiger partial charge on any atom is 0.224 e. The molecule has 1 heterocycles. The van der Waals surface area contributed by atoms with Crippen LogP contribution in [0, 0.1) is 0 Å². The number of nitrogens with zero attached hydrogens (tertiary/aromatic N) is 1.